The highest BCUT2D eigenvalue weighted by Crippen LogP contribution is 2.37. The number of hydrogen-bond acceptors (Lipinski definition) is 1. The largest absolute Gasteiger partial charge is 0.376 e. The monoisotopic (exact) mass is 326 g/mol. The van der Waals surface area contributed by atoms with Crippen LogP contribution in [0.15, 0.2) is 48.6 Å². The first-order valence-corrected chi connectivity index (χ1v) is 9.76. The van der Waals surface area contributed by atoms with Crippen molar-refractivity contribution in [2.75, 3.05) is 6.61 Å². The maximum atomic E-state index is 5.71. The average Bonchev–Trinajstić information content (AvgIpc) is 2.63. The van der Waals surface area contributed by atoms with Gasteiger partial charge in [-0.05, 0) is 74.8 Å². The molecule has 0 spiro atoms. The molecule has 0 aromatic heterocycles. The predicted octanol–water partition coefficient (Wildman–Crippen LogP) is 6.80. The Balaban J connectivity index is 1.72. The van der Waals surface area contributed by atoms with E-state index < -0.39 is 0 Å². The summed E-state index contributed by atoms with van der Waals surface area (Å²) in [6.45, 7) is 5.80. The van der Waals surface area contributed by atoms with E-state index in [0.717, 1.165) is 31.5 Å². The minimum absolute atomic E-state index is 0.730. The van der Waals surface area contributed by atoms with Gasteiger partial charge in [-0.15, -0.1) is 0 Å². The van der Waals surface area contributed by atoms with E-state index in [-0.39, 0.29) is 0 Å². The fraction of sp³-hybridized carbons (Fsp3) is 0.565. The van der Waals surface area contributed by atoms with Gasteiger partial charge in [-0.25, -0.2) is 0 Å². The molecule has 1 aromatic carbocycles. The molecule has 1 aliphatic rings. The average molecular weight is 327 g/mol. The van der Waals surface area contributed by atoms with Gasteiger partial charge < -0.3 is 4.74 Å². The van der Waals surface area contributed by atoms with E-state index in [2.05, 4.69) is 55.5 Å². The Morgan fingerprint density at radius 3 is 2.42 bits per heavy atom. The summed E-state index contributed by atoms with van der Waals surface area (Å²) in [5, 5.41) is 0. The Hall–Kier alpha value is -1.34. The van der Waals surface area contributed by atoms with Crippen molar-refractivity contribution in [2.45, 2.75) is 71.3 Å². The second kappa shape index (κ2) is 11.3. The zero-order valence-corrected chi connectivity index (χ0v) is 15.5. The summed E-state index contributed by atoms with van der Waals surface area (Å²) in [7, 11) is 0. The van der Waals surface area contributed by atoms with Gasteiger partial charge in [-0.2, -0.15) is 0 Å². The Kier molecular flexibility index (Phi) is 8.91. The van der Waals surface area contributed by atoms with Crippen molar-refractivity contribution in [1.29, 1.82) is 0 Å². The minimum Gasteiger partial charge on any atom is -0.376 e. The van der Waals surface area contributed by atoms with Gasteiger partial charge in [0.1, 0.15) is 0 Å². The normalized spacial score (nSPS) is 21.8. The summed E-state index contributed by atoms with van der Waals surface area (Å²) < 4.78 is 5.71. The van der Waals surface area contributed by atoms with E-state index in [4.69, 9.17) is 4.74 Å². The van der Waals surface area contributed by atoms with Crippen LogP contribution in [-0.4, -0.2) is 6.61 Å². The summed E-state index contributed by atoms with van der Waals surface area (Å²) in [6.07, 6.45) is 17.8. The molecular formula is C23H34O. The van der Waals surface area contributed by atoms with Gasteiger partial charge >= 0.3 is 0 Å². The minimum atomic E-state index is 0.730. The zero-order valence-electron chi connectivity index (χ0n) is 15.5. The van der Waals surface area contributed by atoms with Crippen molar-refractivity contribution >= 4 is 0 Å². The van der Waals surface area contributed by atoms with Gasteiger partial charge in [-0.3, -0.25) is 0 Å². The van der Waals surface area contributed by atoms with Crippen LogP contribution in [0.25, 0.3) is 0 Å². The predicted molar refractivity (Wildman–Crippen MR) is 104 cm³/mol. The van der Waals surface area contributed by atoms with Crippen LogP contribution in [0, 0.1) is 5.92 Å². The molecular weight excluding hydrogens is 292 g/mol. The van der Waals surface area contributed by atoms with Gasteiger partial charge in [0.2, 0.25) is 0 Å². The van der Waals surface area contributed by atoms with Crippen molar-refractivity contribution in [3.8, 4) is 0 Å². The third-order valence-corrected chi connectivity index (χ3v) is 5.10. The van der Waals surface area contributed by atoms with Crippen LogP contribution >= 0.6 is 0 Å². The van der Waals surface area contributed by atoms with Crippen LogP contribution < -0.4 is 0 Å². The fourth-order valence-corrected chi connectivity index (χ4v) is 3.58. The van der Waals surface area contributed by atoms with Crippen LogP contribution in [0.2, 0.25) is 0 Å². The lowest BCUT2D eigenvalue weighted by Crippen LogP contribution is -2.12. The van der Waals surface area contributed by atoms with Gasteiger partial charge in [0, 0.05) is 0 Å². The van der Waals surface area contributed by atoms with E-state index in [9.17, 15) is 0 Å². The Morgan fingerprint density at radius 1 is 1.00 bits per heavy atom. The lowest BCUT2D eigenvalue weighted by Gasteiger charge is -2.28. The molecule has 1 nitrogen and oxygen atoms in total. The Labute approximate surface area is 148 Å². The van der Waals surface area contributed by atoms with Crippen LogP contribution in [0.4, 0.5) is 0 Å². The third kappa shape index (κ3) is 6.65. The first kappa shape index (κ1) is 19.0. The second-order valence-corrected chi connectivity index (χ2v) is 6.98. The molecule has 0 heterocycles. The van der Waals surface area contributed by atoms with E-state index in [1.54, 1.807) is 0 Å². The molecule has 132 valence electrons. The fourth-order valence-electron chi connectivity index (χ4n) is 3.58. The van der Waals surface area contributed by atoms with Crippen LogP contribution in [0.5, 0.6) is 0 Å². The maximum Gasteiger partial charge on any atom is 0.0717 e. The molecule has 0 unspecified atom stereocenters. The zero-order chi connectivity index (χ0) is 17.0. The van der Waals surface area contributed by atoms with Gasteiger partial charge in [-0.1, -0.05) is 55.5 Å². The molecule has 0 saturated heterocycles. The van der Waals surface area contributed by atoms with Gasteiger partial charge in [0.15, 0.2) is 0 Å². The van der Waals surface area contributed by atoms with Crippen LogP contribution in [0.3, 0.4) is 0 Å². The van der Waals surface area contributed by atoms with Gasteiger partial charge in [0.25, 0.3) is 0 Å². The smallest absolute Gasteiger partial charge is 0.0717 e. The van der Waals surface area contributed by atoms with E-state index >= 15 is 0 Å². The molecule has 0 aliphatic heterocycles. The maximum absolute atomic E-state index is 5.71. The topological polar surface area (TPSA) is 9.23 Å². The lowest BCUT2D eigenvalue weighted by molar-refractivity contribution is 0.125. The summed E-state index contributed by atoms with van der Waals surface area (Å²) in [5.41, 5.74) is 2.81. The summed E-state index contributed by atoms with van der Waals surface area (Å²) in [4.78, 5) is 0. The molecule has 1 heteroatoms. The molecule has 24 heavy (non-hydrogen) atoms. The Bertz CT molecular complexity index is 489. The molecule has 0 atom stereocenters. The highest BCUT2D eigenvalue weighted by Gasteiger charge is 2.21. The highest BCUT2D eigenvalue weighted by molar-refractivity contribution is 5.25. The van der Waals surface area contributed by atoms with Crippen molar-refractivity contribution in [1.82, 2.24) is 0 Å². The molecule has 0 amide bonds. The number of allylic oxidation sites excluding steroid dienone is 3. The SMILES string of the molecule is CC=CCCOCc1ccc(C2CCC(C/C=C/CC)CC2)cc1. The van der Waals surface area contributed by atoms with Crippen molar-refractivity contribution in [2.24, 2.45) is 5.92 Å². The summed E-state index contributed by atoms with van der Waals surface area (Å²) in [6, 6.07) is 9.15. The summed E-state index contributed by atoms with van der Waals surface area (Å²) in [5.74, 6) is 1.68. The molecule has 0 bridgehead atoms. The number of hydrogen-bond donors (Lipinski definition) is 0. The molecule has 1 aliphatic carbocycles. The molecule has 1 saturated carbocycles. The van der Waals surface area contributed by atoms with Crippen molar-refractivity contribution < 1.29 is 4.74 Å². The van der Waals surface area contributed by atoms with E-state index in [1.807, 2.05) is 6.92 Å². The number of rotatable bonds is 9. The van der Waals surface area contributed by atoms with Crippen LogP contribution in [0.1, 0.15) is 75.8 Å². The molecule has 1 aromatic rings. The van der Waals surface area contributed by atoms with E-state index in [0.29, 0.717) is 0 Å². The highest BCUT2D eigenvalue weighted by atomic mass is 16.5. The standard InChI is InChI=1S/C23H34O/c1-3-5-7-9-20-10-14-22(15-11-20)23-16-12-21(13-17-23)19-24-18-8-6-4-2/h4-7,12-13,16-17,20,22H,3,8-11,14-15,18-19H2,1-2H3/b6-4?,7-5+. The van der Waals surface area contributed by atoms with Crippen molar-refractivity contribution in [3.05, 3.63) is 59.7 Å². The van der Waals surface area contributed by atoms with E-state index in [1.165, 1.54) is 49.7 Å². The Morgan fingerprint density at radius 2 is 1.75 bits per heavy atom. The summed E-state index contributed by atoms with van der Waals surface area (Å²) >= 11 is 0. The lowest BCUT2D eigenvalue weighted by atomic mass is 9.77. The van der Waals surface area contributed by atoms with Crippen LogP contribution in [-0.2, 0) is 11.3 Å². The molecule has 0 radical (unpaired) electrons. The molecule has 1 fully saturated rings. The van der Waals surface area contributed by atoms with Crippen molar-refractivity contribution in [3.63, 3.8) is 0 Å². The third-order valence-electron chi connectivity index (χ3n) is 5.10. The second-order valence-electron chi connectivity index (χ2n) is 6.98. The first-order valence-electron chi connectivity index (χ1n) is 9.76. The molecule has 0 N–H and O–H groups in total. The first-order chi connectivity index (χ1) is 11.8. The van der Waals surface area contributed by atoms with Gasteiger partial charge in [0.05, 0.1) is 13.2 Å². The quantitative estimate of drug-likeness (QED) is 0.358. The number of ether oxygens (including phenoxy) is 1. The molecule has 2 rings (SSSR count). The number of benzene rings is 1.